The molecule has 0 saturated carbocycles. The van der Waals surface area contributed by atoms with Crippen LogP contribution >= 0.6 is 11.6 Å². The predicted molar refractivity (Wildman–Crippen MR) is 159 cm³/mol. The van der Waals surface area contributed by atoms with Gasteiger partial charge in [-0.15, -0.1) is 0 Å². The van der Waals surface area contributed by atoms with Gasteiger partial charge in [-0.25, -0.2) is 4.79 Å². The highest BCUT2D eigenvalue weighted by Gasteiger charge is 2.57. The van der Waals surface area contributed by atoms with Crippen LogP contribution in [0.5, 0.6) is 5.75 Å². The number of nitrogens with one attached hydrogen (secondary N) is 1. The summed E-state index contributed by atoms with van der Waals surface area (Å²) in [6, 6.07) is 3.59. The molecule has 2 amide bonds. The number of ether oxygens (including phenoxy) is 5. The molecule has 3 heterocycles. The van der Waals surface area contributed by atoms with Crippen LogP contribution in [-0.2, 0) is 35.0 Å². The Labute approximate surface area is 257 Å². The fraction of sp³-hybridized carbons (Fsp3) is 0.581. The molecule has 0 unspecified atom stereocenters. The number of esters is 1. The first-order chi connectivity index (χ1) is 20.3. The van der Waals surface area contributed by atoms with Gasteiger partial charge in [0.25, 0.3) is 5.91 Å². The van der Waals surface area contributed by atoms with E-state index < -0.39 is 60.1 Å². The molecule has 0 spiro atoms. The van der Waals surface area contributed by atoms with Crippen molar-refractivity contribution in [3.8, 4) is 5.75 Å². The van der Waals surface area contributed by atoms with E-state index in [9.17, 15) is 19.5 Å². The summed E-state index contributed by atoms with van der Waals surface area (Å²) in [6.07, 6.45) is 0.679. The Balaban J connectivity index is 1.79. The monoisotopic (exact) mass is 620 g/mol. The zero-order chi connectivity index (χ0) is 31.6. The molecular weight excluding hydrogens is 580 g/mol. The second kappa shape index (κ2) is 13.3. The van der Waals surface area contributed by atoms with Crippen LogP contribution in [0.4, 0.5) is 10.5 Å². The third-order valence-corrected chi connectivity index (χ3v) is 8.38. The number of anilines is 1. The van der Waals surface area contributed by atoms with Gasteiger partial charge >= 0.3 is 12.1 Å². The highest BCUT2D eigenvalue weighted by atomic mass is 35.5. The van der Waals surface area contributed by atoms with Gasteiger partial charge in [-0.05, 0) is 37.0 Å². The molecule has 7 atom stereocenters. The smallest absolute Gasteiger partial charge is 0.409 e. The highest BCUT2D eigenvalue weighted by Crippen LogP contribution is 2.42. The van der Waals surface area contributed by atoms with Gasteiger partial charge in [-0.1, -0.05) is 56.2 Å². The van der Waals surface area contributed by atoms with Gasteiger partial charge in [0.2, 0.25) is 6.10 Å². The Hall–Kier alpha value is -3.12. The lowest BCUT2D eigenvalue weighted by Crippen LogP contribution is -2.63. The first-order valence-electron chi connectivity index (χ1n) is 14.3. The third-order valence-electron chi connectivity index (χ3n) is 8.00. The van der Waals surface area contributed by atoms with Gasteiger partial charge in [0, 0.05) is 32.9 Å². The molecule has 2 N–H and O–H groups in total. The van der Waals surface area contributed by atoms with Crippen molar-refractivity contribution in [2.75, 3.05) is 26.2 Å². The number of epoxide rings is 1. The molecule has 1 aromatic carbocycles. The van der Waals surface area contributed by atoms with E-state index in [4.69, 9.17) is 35.3 Å². The molecule has 0 radical (unpaired) electrons. The number of fused-ring (bicyclic) bond motifs is 5. The minimum Gasteiger partial charge on any atom is -0.495 e. The summed E-state index contributed by atoms with van der Waals surface area (Å²) in [5.41, 5.74) is 0.385. The largest absolute Gasteiger partial charge is 0.495 e. The average Bonchev–Trinajstić information content (AvgIpc) is 3.73. The van der Waals surface area contributed by atoms with Gasteiger partial charge in [0.05, 0.1) is 18.9 Å². The van der Waals surface area contributed by atoms with E-state index in [1.165, 1.54) is 19.1 Å². The third kappa shape index (κ3) is 7.34. The standard InChI is InChI=1S/C31H41ClN2O9/c1-16(2)11-24(35)42-28-27-26(43-27)18(4)22-15-31(38,33-30(37)41-22)23(40-7)10-8-9-17(3)12-19-13-20(34(5)29(28)36)25(32)21(14-19)39-6/h8-10,13-14,16,18,22-23,26-28,38H,11-12,15H2,1-7H3,(H,33,37)/b10-8+,17-9+/t18-,22+,23-,26+,27+,28-,31+/m1/s1. The number of hydrogen-bond donors (Lipinski definition) is 2. The number of nitrogens with zero attached hydrogens (tertiary/aromatic N) is 1. The lowest BCUT2D eigenvalue weighted by atomic mass is 9.87. The summed E-state index contributed by atoms with van der Waals surface area (Å²) < 4.78 is 28.4. The van der Waals surface area contributed by atoms with Gasteiger partial charge in [0.1, 0.15) is 29.1 Å². The van der Waals surface area contributed by atoms with Crippen molar-refractivity contribution in [1.82, 2.24) is 5.32 Å². The molecule has 43 heavy (non-hydrogen) atoms. The van der Waals surface area contributed by atoms with E-state index in [1.807, 2.05) is 26.8 Å². The summed E-state index contributed by atoms with van der Waals surface area (Å²) in [7, 11) is 4.49. The number of methoxy groups -OCH3 is 2. The number of hydrogen-bond acceptors (Lipinski definition) is 9. The molecule has 2 saturated heterocycles. The second-order valence-electron chi connectivity index (χ2n) is 11.9. The van der Waals surface area contributed by atoms with Gasteiger partial charge in [0.15, 0.2) is 5.72 Å². The first kappa shape index (κ1) is 32.8. The number of carbonyl (C=O) groups excluding carboxylic acids is 3. The number of halogens is 1. The van der Waals surface area contributed by atoms with Crippen molar-refractivity contribution in [1.29, 1.82) is 0 Å². The highest BCUT2D eigenvalue weighted by molar-refractivity contribution is 6.35. The van der Waals surface area contributed by atoms with Crippen LogP contribution in [-0.4, -0.2) is 80.6 Å². The Morgan fingerprint density at radius 2 is 1.98 bits per heavy atom. The Bertz CT molecular complexity index is 1300. The van der Waals surface area contributed by atoms with Crippen molar-refractivity contribution in [3.05, 3.63) is 46.5 Å². The van der Waals surface area contributed by atoms with E-state index in [1.54, 1.807) is 38.3 Å². The van der Waals surface area contributed by atoms with Gasteiger partial charge in [-0.2, -0.15) is 0 Å². The SMILES string of the molecule is COc1cc2cc(c1Cl)N(C)C(=O)[C@H](OC(=O)CC(C)C)[C@H]1O[C@H]1[C@H](C)[C@@H]1C[C@@](O)(NC(=O)O1)[C@H](OC)/C=C/C=C(\C)C2. The number of alkyl carbamates (subject to hydrolysis) is 1. The van der Waals surface area contributed by atoms with Crippen molar-refractivity contribution in [2.45, 2.75) is 83.2 Å². The van der Waals surface area contributed by atoms with E-state index in [0.717, 1.165) is 11.1 Å². The lowest BCUT2D eigenvalue weighted by Gasteiger charge is -2.41. The normalized spacial score (nSPS) is 33.2. The number of likely N-dealkylation sites (N-methyl/N-ethyl adjacent to an activating group) is 1. The molecule has 0 aliphatic carbocycles. The Morgan fingerprint density at radius 3 is 2.63 bits per heavy atom. The number of benzene rings is 1. The van der Waals surface area contributed by atoms with Crippen molar-refractivity contribution < 1.29 is 43.2 Å². The molecule has 236 valence electrons. The minimum absolute atomic E-state index is 0.00988. The molecule has 12 heteroatoms. The van der Waals surface area contributed by atoms with Crippen LogP contribution in [0.2, 0.25) is 5.02 Å². The molecule has 4 rings (SSSR count). The van der Waals surface area contributed by atoms with E-state index in [0.29, 0.717) is 17.9 Å². The minimum atomic E-state index is -1.77. The zero-order valence-corrected chi connectivity index (χ0v) is 26.3. The van der Waals surface area contributed by atoms with Crippen LogP contribution < -0.4 is 15.0 Å². The summed E-state index contributed by atoms with van der Waals surface area (Å²) in [4.78, 5) is 40.8. The lowest BCUT2D eigenvalue weighted by molar-refractivity contribution is -0.156. The number of amides is 2. The quantitative estimate of drug-likeness (QED) is 0.371. The van der Waals surface area contributed by atoms with E-state index in [2.05, 4.69) is 5.32 Å². The molecule has 1 aromatic rings. The maximum atomic E-state index is 14.0. The van der Waals surface area contributed by atoms with E-state index >= 15 is 0 Å². The maximum absolute atomic E-state index is 14.0. The Morgan fingerprint density at radius 1 is 1.26 bits per heavy atom. The molecule has 11 nitrogen and oxygen atoms in total. The first-order valence-corrected chi connectivity index (χ1v) is 14.7. The topological polar surface area (TPSA) is 136 Å². The predicted octanol–water partition coefficient (Wildman–Crippen LogP) is 3.93. The summed E-state index contributed by atoms with van der Waals surface area (Å²) >= 11 is 6.68. The number of carbonyl (C=O) groups is 3. The Kier molecular flexibility index (Phi) is 10.1. The van der Waals surface area contributed by atoms with Crippen LogP contribution in [0, 0.1) is 11.8 Å². The van der Waals surface area contributed by atoms with Gasteiger partial charge < -0.3 is 33.7 Å². The molecule has 3 aliphatic heterocycles. The summed E-state index contributed by atoms with van der Waals surface area (Å²) in [6.45, 7) is 7.47. The van der Waals surface area contributed by atoms with Crippen molar-refractivity contribution >= 4 is 35.3 Å². The fourth-order valence-electron chi connectivity index (χ4n) is 5.60. The van der Waals surface area contributed by atoms with Crippen LogP contribution in [0.25, 0.3) is 0 Å². The number of allylic oxidation sites excluding steroid dienone is 3. The zero-order valence-electron chi connectivity index (χ0n) is 25.6. The second-order valence-corrected chi connectivity index (χ2v) is 12.3. The molecule has 3 aliphatic rings. The number of aliphatic hydroxyl groups is 1. The summed E-state index contributed by atoms with van der Waals surface area (Å²) in [5.74, 6) is -1.15. The van der Waals surface area contributed by atoms with Crippen molar-refractivity contribution in [2.24, 2.45) is 11.8 Å². The average molecular weight is 621 g/mol. The van der Waals surface area contributed by atoms with Crippen LogP contribution in [0.1, 0.15) is 46.1 Å². The fourth-order valence-corrected chi connectivity index (χ4v) is 5.91. The van der Waals surface area contributed by atoms with Gasteiger partial charge in [-0.3, -0.25) is 14.9 Å². The van der Waals surface area contributed by atoms with Crippen LogP contribution in [0.3, 0.4) is 0 Å². The van der Waals surface area contributed by atoms with Crippen molar-refractivity contribution in [3.63, 3.8) is 0 Å². The van der Waals surface area contributed by atoms with Crippen LogP contribution in [0.15, 0.2) is 35.9 Å². The summed E-state index contributed by atoms with van der Waals surface area (Å²) in [5, 5.41) is 14.2. The maximum Gasteiger partial charge on any atom is 0.409 e. The molecular formula is C31H41ClN2O9. The molecule has 0 aromatic heterocycles. The number of rotatable bonds is 5. The van der Waals surface area contributed by atoms with E-state index in [-0.39, 0.29) is 23.8 Å². The molecule has 4 bridgehead atoms. The molecule has 2 fully saturated rings.